The molecule has 0 radical (unpaired) electrons. The van der Waals surface area contributed by atoms with Crippen molar-refractivity contribution in [1.29, 1.82) is 0 Å². The highest BCUT2D eigenvalue weighted by Gasteiger charge is 2.28. The minimum absolute atomic E-state index is 0.134. The number of likely N-dealkylation sites (tertiary alicyclic amines) is 1. The number of hydrogen-bond acceptors (Lipinski definition) is 4. The molecule has 5 nitrogen and oxygen atoms in total. The van der Waals surface area contributed by atoms with Gasteiger partial charge < -0.3 is 9.73 Å². The van der Waals surface area contributed by atoms with Gasteiger partial charge in [0.2, 0.25) is 11.8 Å². The van der Waals surface area contributed by atoms with Crippen molar-refractivity contribution in [2.24, 2.45) is 11.8 Å². The molecule has 5 heteroatoms. The molecule has 1 saturated heterocycles. The first-order valence-corrected chi connectivity index (χ1v) is 11.1. The highest BCUT2D eigenvalue weighted by atomic mass is 16.4. The first kappa shape index (κ1) is 22.5. The summed E-state index contributed by atoms with van der Waals surface area (Å²) < 4.78 is 6.22. The van der Waals surface area contributed by atoms with E-state index in [1.54, 1.807) is 7.05 Å². The first-order valence-electron chi connectivity index (χ1n) is 11.1. The number of nitrogens with zero attached hydrogens (tertiary/aromatic N) is 2. The number of aryl methyl sites for hydroxylation is 1. The Bertz CT molecular complexity index is 924. The van der Waals surface area contributed by atoms with Gasteiger partial charge in [-0.3, -0.25) is 9.69 Å². The van der Waals surface area contributed by atoms with Crippen LogP contribution in [0, 0.1) is 18.8 Å². The van der Waals surface area contributed by atoms with E-state index in [9.17, 15) is 4.79 Å². The predicted octanol–water partition coefficient (Wildman–Crippen LogP) is 5.04. The molecule has 2 aliphatic rings. The number of carbonyl (C=O) groups is 1. The molecule has 1 aromatic heterocycles. The monoisotopic (exact) mass is 411 g/mol. The summed E-state index contributed by atoms with van der Waals surface area (Å²) in [4.78, 5) is 19.2. The van der Waals surface area contributed by atoms with Gasteiger partial charge in [-0.05, 0) is 90.1 Å². The van der Waals surface area contributed by atoms with Crippen LogP contribution in [0.5, 0.6) is 0 Å². The molecule has 0 aromatic carbocycles. The van der Waals surface area contributed by atoms with Gasteiger partial charge in [-0.15, -0.1) is 0 Å². The van der Waals surface area contributed by atoms with Crippen molar-refractivity contribution in [3.8, 4) is 0 Å². The molecule has 3 rings (SSSR count). The maximum atomic E-state index is 11.9. The number of piperidine rings is 1. The largest absolute Gasteiger partial charge is 0.441 e. The maximum absolute atomic E-state index is 11.9. The van der Waals surface area contributed by atoms with Crippen LogP contribution in [0.1, 0.15) is 71.7 Å². The molecule has 0 saturated carbocycles. The van der Waals surface area contributed by atoms with Crippen LogP contribution in [-0.4, -0.2) is 35.9 Å². The molecule has 164 valence electrons. The molecule has 1 amide bonds. The third-order valence-electron chi connectivity index (χ3n) is 7.47. The molecule has 0 spiro atoms. The van der Waals surface area contributed by atoms with Crippen molar-refractivity contribution in [1.82, 2.24) is 15.2 Å². The van der Waals surface area contributed by atoms with E-state index in [0.29, 0.717) is 5.92 Å². The zero-order chi connectivity index (χ0) is 22.2. The third-order valence-corrected chi connectivity index (χ3v) is 7.47. The van der Waals surface area contributed by atoms with Gasteiger partial charge in [0.1, 0.15) is 5.76 Å². The summed E-state index contributed by atoms with van der Waals surface area (Å²) in [5.74, 6) is 2.30. The van der Waals surface area contributed by atoms with Gasteiger partial charge in [-0.1, -0.05) is 18.1 Å². The Morgan fingerprint density at radius 3 is 2.27 bits per heavy atom. The molecule has 1 aliphatic heterocycles. The van der Waals surface area contributed by atoms with Crippen LogP contribution in [0.25, 0.3) is 5.57 Å². The average molecular weight is 412 g/mol. The van der Waals surface area contributed by atoms with Crippen molar-refractivity contribution in [3.05, 3.63) is 45.2 Å². The SMILES string of the molecule is CNC(=O)C1CCN(Cc2nc(C3=C(C)C(C)C(C)=C(C)C(C)=C3C)oc2C)CC1. The van der Waals surface area contributed by atoms with E-state index < -0.39 is 0 Å². The van der Waals surface area contributed by atoms with E-state index >= 15 is 0 Å². The van der Waals surface area contributed by atoms with Crippen LogP contribution in [0.4, 0.5) is 0 Å². The van der Waals surface area contributed by atoms with E-state index in [1.807, 2.05) is 6.92 Å². The predicted molar refractivity (Wildman–Crippen MR) is 122 cm³/mol. The molecular weight excluding hydrogens is 374 g/mol. The van der Waals surface area contributed by atoms with Crippen LogP contribution < -0.4 is 5.32 Å². The smallest absolute Gasteiger partial charge is 0.226 e. The number of oxazole rings is 1. The van der Waals surface area contributed by atoms with Crippen LogP contribution >= 0.6 is 0 Å². The third kappa shape index (κ3) is 4.18. The molecule has 1 aliphatic carbocycles. The minimum atomic E-state index is 0.134. The fraction of sp³-hybridized carbons (Fsp3) is 0.600. The van der Waals surface area contributed by atoms with Crippen LogP contribution in [0.2, 0.25) is 0 Å². The molecule has 1 N–H and O–H groups in total. The fourth-order valence-corrected chi connectivity index (χ4v) is 4.71. The second-order valence-electron chi connectivity index (χ2n) is 9.02. The molecule has 1 unspecified atom stereocenters. The summed E-state index contributed by atoms with van der Waals surface area (Å²) in [5.41, 5.74) is 8.85. The molecule has 2 heterocycles. The number of amides is 1. The van der Waals surface area contributed by atoms with E-state index in [-0.39, 0.29) is 11.8 Å². The lowest BCUT2D eigenvalue weighted by Crippen LogP contribution is -2.39. The van der Waals surface area contributed by atoms with Crippen molar-refractivity contribution in [3.63, 3.8) is 0 Å². The second-order valence-corrected chi connectivity index (χ2v) is 9.02. The highest BCUT2D eigenvalue weighted by molar-refractivity contribution is 5.80. The van der Waals surface area contributed by atoms with E-state index in [1.165, 1.54) is 27.9 Å². The Labute approximate surface area is 181 Å². The van der Waals surface area contributed by atoms with Crippen LogP contribution in [-0.2, 0) is 11.3 Å². The van der Waals surface area contributed by atoms with Crippen LogP contribution in [0.15, 0.2) is 32.3 Å². The molecule has 1 aromatic rings. The van der Waals surface area contributed by atoms with Gasteiger partial charge >= 0.3 is 0 Å². The van der Waals surface area contributed by atoms with Crippen molar-refractivity contribution >= 4 is 11.5 Å². The number of rotatable bonds is 4. The minimum Gasteiger partial charge on any atom is -0.441 e. The molecule has 1 fully saturated rings. The lowest BCUT2D eigenvalue weighted by Gasteiger charge is -2.30. The van der Waals surface area contributed by atoms with E-state index in [4.69, 9.17) is 9.40 Å². The lowest BCUT2D eigenvalue weighted by atomic mass is 9.90. The van der Waals surface area contributed by atoms with Crippen molar-refractivity contribution in [2.45, 2.75) is 67.9 Å². The highest BCUT2D eigenvalue weighted by Crippen LogP contribution is 2.40. The Morgan fingerprint density at radius 1 is 1.03 bits per heavy atom. The Morgan fingerprint density at radius 2 is 1.67 bits per heavy atom. The Kier molecular flexibility index (Phi) is 6.71. The summed E-state index contributed by atoms with van der Waals surface area (Å²) in [5, 5.41) is 2.78. The van der Waals surface area contributed by atoms with Crippen LogP contribution in [0.3, 0.4) is 0 Å². The molecule has 0 bridgehead atoms. The van der Waals surface area contributed by atoms with E-state index in [0.717, 1.165) is 55.4 Å². The number of carbonyl (C=O) groups excluding carboxylic acids is 1. The standard InChI is InChI=1S/C25H37N3O2/c1-14-15(2)17(4)19(6)23(18(5)16(14)3)25-27-22(20(7)30-25)13-28-11-9-21(10-12-28)24(29)26-8/h16,21H,9-13H2,1-8H3,(H,26,29). The Hall–Kier alpha value is -2.14. The average Bonchev–Trinajstić information content (AvgIpc) is 3.08. The first-order chi connectivity index (χ1) is 14.1. The summed E-state index contributed by atoms with van der Waals surface area (Å²) in [6, 6.07) is 0. The zero-order valence-electron chi connectivity index (χ0n) is 19.9. The maximum Gasteiger partial charge on any atom is 0.226 e. The summed E-state index contributed by atoms with van der Waals surface area (Å²) in [6.45, 7) is 17.9. The quantitative estimate of drug-likeness (QED) is 0.754. The van der Waals surface area contributed by atoms with Crippen molar-refractivity contribution < 1.29 is 9.21 Å². The zero-order valence-corrected chi connectivity index (χ0v) is 19.9. The molecule has 30 heavy (non-hydrogen) atoms. The van der Waals surface area contributed by atoms with Gasteiger partial charge in [-0.2, -0.15) is 0 Å². The summed E-state index contributed by atoms with van der Waals surface area (Å²) in [6.07, 6.45) is 1.80. The Balaban J connectivity index is 1.84. The normalized spacial score (nSPS) is 22.1. The number of nitrogens with one attached hydrogen (secondary N) is 1. The van der Waals surface area contributed by atoms with Gasteiger partial charge in [-0.25, -0.2) is 4.98 Å². The molecular formula is C25H37N3O2. The van der Waals surface area contributed by atoms with E-state index in [2.05, 4.69) is 51.8 Å². The summed E-state index contributed by atoms with van der Waals surface area (Å²) in [7, 11) is 1.72. The van der Waals surface area contributed by atoms with Crippen molar-refractivity contribution in [2.75, 3.05) is 20.1 Å². The van der Waals surface area contributed by atoms with Gasteiger partial charge in [0.15, 0.2) is 0 Å². The van der Waals surface area contributed by atoms with Gasteiger partial charge in [0.25, 0.3) is 0 Å². The number of hydrogen-bond donors (Lipinski definition) is 1. The van der Waals surface area contributed by atoms with Gasteiger partial charge in [0.05, 0.1) is 5.69 Å². The topological polar surface area (TPSA) is 58.4 Å². The number of aromatic nitrogens is 1. The lowest BCUT2D eigenvalue weighted by molar-refractivity contribution is -0.125. The molecule has 1 atom stereocenters. The second kappa shape index (κ2) is 8.93. The summed E-state index contributed by atoms with van der Waals surface area (Å²) >= 11 is 0. The number of allylic oxidation sites excluding steroid dienone is 6. The van der Waals surface area contributed by atoms with Gasteiger partial charge in [0, 0.05) is 25.1 Å². The fourth-order valence-electron chi connectivity index (χ4n) is 4.71.